The fourth-order valence-corrected chi connectivity index (χ4v) is 4.54. The van der Waals surface area contributed by atoms with E-state index in [1.807, 2.05) is 68.1 Å². The Hall–Kier alpha value is -2.86. The SMILES string of the molecule is Cc1cc(C23OCC(C(C)C)N2C(=O)c2ccccc23)ccc1COC(=O)NC(C)C. The Morgan fingerprint density at radius 3 is 2.65 bits per heavy atom. The first-order valence-electron chi connectivity index (χ1n) is 10.9. The molecule has 4 rings (SSSR count). The van der Waals surface area contributed by atoms with Crippen LogP contribution in [0.5, 0.6) is 0 Å². The van der Waals surface area contributed by atoms with Crippen LogP contribution in [0.15, 0.2) is 42.5 Å². The van der Waals surface area contributed by atoms with Gasteiger partial charge < -0.3 is 14.8 Å². The average molecular weight is 423 g/mol. The van der Waals surface area contributed by atoms with Crippen molar-refractivity contribution in [3.63, 3.8) is 0 Å². The van der Waals surface area contributed by atoms with E-state index >= 15 is 0 Å². The Morgan fingerprint density at radius 1 is 1.23 bits per heavy atom. The standard InChI is InChI=1S/C25H30N2O4/c1-15(2)22-14-31-25(21-9-7-6-8-20(21)23(28)27(22)25)19-11-10-18(17(5)12-19)13-30-24(29)26-16(3)4/h6-12,15-16,22H,13-14H2,1-5H3,(H,26,29). The van der Waals surface area contributed by atoms with Gasteiger partial charge in [-0.3, -0.25) is 9.69 Å². The molecule has 2 atom stereocenters. The van der Waals surface area contributed by atoms with Gasteiger partial charge in [0.05, 0.1) is 12.6 Å². The lowest BCUT2D eigenvalue weighted by atomic mass is 9.91. The lowest BCUT2D eigenvalue weighted by Gasteiger charge is -2.35. The summed E-state index contributed by atoms with van der Waals surface area (Å²) < 4.78 is 11.8. The number of benzene rings is 2. The first-order chi connectivity index (χ1) is 14.8. The number of aryl methyl sites for hydroxylation is 1. The molecule has 0 aliphatic carbocycles. The van der Waals surface area contributed by atoms with E-state index < -0.39 is 11.8 Å². The van der Waals surface area contributed by atoms with Gasteiger partial charge in [0.15, 0.2) is 5.72 Å². The molecule has 1 fully saturated rings. The molecule has 31 heavy (non-hydrogen) atoms. The third-order valence-corrected chi connectivity index (χ3v) is 6.14. The molecule has 6 nitrogen and oxygen atoms in total. The van der Waals surface area contributed by atoms with Crippen LogP contribution in [0.4, 0.5) is 4.79 Å². The highest BCUT2D eigenvalue weighted by Crippen LogP contribution is 2.51. The highest BCUT2D eigenvalue weighted by atomic mass is 16.5. The van der Waals surface area contributed by atoms with Crippen LogP contribution >= 0.6 is 0 Å². The highest BCUT2D eigenvalue weighted by Gasteiger charge is 2.59. The Balaban J connectivity index is 1.70. The minimum Gasteiger partial charge on any atom is -0.445 e. The molecule has 2 aliphatic rings. The maximum Gasteiger partial charge on any atom is 0.407 e. The summed E-state index contributed by atoms with van der Waals surface area (Å²) >= 11 is 0. The number of carbonyl (C=O) groups is 2. The van der Waals surface area contributed by atoms with Gasteiger partial charge in [-0.2, -0.15) is 0 Å². The topological polar surface area (TPSA) is 67.9 Å². The van der Waals surface area contributed by atoms with Gasteiger partial charge in [0, 0.05) is 22.7 Å². The van der Waals surface area contributed by atoms with Gasteiger partial charge in [-0.1, -0.05) is 50.2 Å². The van der Waals surface area contributed by atoms with Gasteiger partial charge in [-0.05, 0) is 43.9 Å². The number of carbonyl (C=O) groups excluding carboxylic acids is 2. The molecule has 6 heteroatoms. The number of nitrogens with one attached hydrogen (secondary N) is 1. The van der Waals surface area contributed by atoms with E-state index in [9.17, 15) is 9.59 Å². The summed E-state index contributed by atoms with van der Waals surface area (Å²) in [5.74, 6) is 0.288. The number of amides is 2. The van der Waals surface area contributed by atoms with Gasteiger partial charge in [-0.15, -0.1) is 0 Å². The molecule has 2 aromatic rings. The summed E-state index contributed by atoms with van der Waals surface area (Å²) in [5, 5.41) is 2.72. The molecule has 2 aliphatic heterocycles. The predicted molar refractivity (Wildman–Crippen MR) is 118 cm³/mol. The number of fused-ring (bicyclic) bond motifs is 3. The van der Waals surface area contributed by atoms with Crippen molar-refractivity contribution in [3.05, 3.63) is 70.3 Å². The first kappa shape index (κ1) is 21.4. The Bertz CT molecular complexity index is 1020. The van der Waals surface area contributed by atoms with E-state index in [2.05, 4.69) is 19.2 Å². The zero-order valence-electron chi connectivity index (χ0n) is 18.8. The molecule has 2 aromatic carbocycles. The minimum absolute atomic E-state index is 0.00273. The minimum atomic E-state index is -0.915. The normalized spacial score (nSPS) is 22.1. The van der Waals surface area contributed by atoms with Crippen LogP contribution in [0.2, 0.25) is 0 Å². The van der Waals surface area contributed by atoms with Crippen LogP contribution in [0.1, 0.15) is 60.3 Å². The van der Waals surface area contributed by atoms with E-state index in [4.69, 9.17) is 9.47 Å². The van der Waals surface area contributed by atoms with Gasteiger partial charge in [0.25, 0.3) is 5.91 Å². The first-order valence-corrected chi connectivity index (χ1v) is 10.9. The quantitative estimate of drug-likeness (QED) is 0.778. The highest BCUT2D eigenvalue weighted by molar-refractivity contribution is 6.01. The summed E-state index contributed by atoms with van der Waals surface area (Å²) in [6.07, 6.45) is -0.433. The van der Waals surface area contributed by atoms with E-state index in [0.29, 0.717) is 12.2 Å². The molecular weight excluding hydrogens is 392 g/mol. The number of hydrogen-bond acceptors (Lipinski definition) is 4. The second-order valence-electron chi connectivity index (χ2n) is 9.00. The molecule has 0 spiro atoms. The summed E-state index contributed by atoms with van der Waals surface area (Å²) in [4.78, 5) is 27.1. The largest absolute Gasteiger partial charge is 0.445 e. The van der Waals surface area contributed by atoms with Crippen molar-refractivity contribution >= 4 is 12.0 Å². The van der Waals surface area contributed by atoms with Crippen LogP contribution in [0.25, 0.3) is 0 Å². The van der Waals surface area contributed by atoms with Crippen molar-refractivity contribution in [3.8, 4) is 0 Å². The van der Waals surface area contributed by atoms with Crippen LogP contribution in [-0.4, -0.2) is 35.6 Å². The summed E-state index contributed by atoms with van der Waals surface area (Å²) in [5.41, 5.74) is 3.49. The van der Waals surface area contributed by atoms with Crippen LogP contribution in [0, 0.1) is 12.8 Å². The Labute approximate surface area is 183 Å². The molecule has 2 amide bonds. The summed E-state index contributed by atoms with van der Waals surface area (Å²) in [6, 6.07) is 13.7. The van der Waals surface area contributed by atoms with Gasteiger partial charge >= 0.3 is 6.09 Å². The third-order valence-electron chi connectivity index (χ3n) is 6.14. The summed E-state index contributed by atoms with van der Waals surface area (Å²) in [6.45, 7) is 10.7. The van der Waals surface area contributed by atoms with Crippen molar-refractivity contribution in [2.24, 2.45) is 5.92 Å². The molecule has 2 heterocycles. The van der Waals surface area contributed by atoms with Crippen molar-refractivity contribution in [1.29, 1.82) is 0 Å². The molecule has 2 unspecified atom stereocenters. The average Bonchev–Trinajstić information content (AvgIpc) is 3.23. The molecule has 0 bridgehead atoms. The molecule has 0 radical (unpaired) electrons. The monoisotopic (exact) mass is 422 g/mol. The molecule has 0 aromatic heterocycles. The number of rotatable bonds is 5. The van der Waals surface area contributed by atoms with Gasteiger partial charge in [0.1, 0.15) is 6.61 Å². The van der Waals surface area contributed by atoms with Crippen LogP contribution < -0.4 is 5.32 Å². The fraction of sp³-hybridized carbons (Fsp3) is 0.440. The smallest absolute Gasteiger partial charge is 0.407 e. The lowest BCUT2D eigenvalue weighted by Crippen LogP contribution is -2.46. The zero-order chi connectivity index (χ0) is 22.3. The van der Waals surface area contributed by atoms with E-state index in [1.54, 1.807) is 0 Å². The van der Waals surface area contributed by atoms with Gasteiger partial charge in [0.2, 0.25) is 0 Å². The zero-order valence-corrected chi connectivity index (χ0v) is 18.8. The summed E-state index contributed by atoms with van der Waals surface area (Å²) in [7, 11) is 0. The Kier molecular flexibility index (Phi) is 5.52. The molecule has 1 N–H and O–H groups in total. The molecule has 1 saturated heterocycles. The maximum absolute atomic E-state index is 13.4. The second-order valence-corrected chi connectivity index (χ2v) is 9.00. The maximum atomic E-state index is 13.4. The third kappa shape index (κ3) is 3.49. The Morgan fingerprint density at radius 2 is 1.97 bits per heavy atom. The number of hydrogen-bond donors (Lipinski definition) is 1. The predicted octanol–water partition coefficient (Wildman–Crippen LogP) is 4.34. The second kappa shape index (κ2) is 8.00. The van der Waals surface area contributed by atoms with Crippen molar-refractivity contribution in [2.75, 3.05) is 6.61 Å². The van der Waals surface area contributed by atoms with Crippen molar-refractivity contribution in [2.45, 2.75) is 59.0 Å². The van der Waals surface area contributed by atoms with E-state index in [1.165, 1.54) is 0 Å². The van der Waals surface area contributed by atoms with E-state index in [-0.39, 0.29) is 30.5 Å². The van der Waals surface area contributed by atoms with Crippen molar-refractivity contribution in [1.82, 2.24) is 10.2 Å². The van der Waals surface area contributed by atoms with Gasteiger partial charge in [-0.25, -0.2) is 4.79 Å². The van der Waals surface area contributed by atoms with Crippen LogP contribution in [-0.2, 0) is 21.8 Å². The molecule has 0 saturated carbocycles. The number of alkyl carbamates (subject to hydrolysis) is 1. The number of ether oxygens (including phenoxy) is 2. The van der Waals surface area contributed by atoms with Crippen molar-refractivity contribution < 1.29 is 19.1 Å². The van der Waals surface area contributed by atoms with Crippen LogP contribution in [0.3, 0.4) is 0 Å². The molecule has 164 valence electrons. The molecular formula is C25H30N2O4. The number of nitrogens with zero attached hydrogens (tertiary/aromatic N) is 1. The fourth-order valence-electron chi connectivity index (χ4n) is 4.54. The lowest BCUT2D eigenvalue weighted by molar-refractivity contribution is -0.0333. The van der Waals surface area contributed by atoms with E-state index in [0.717, 1.165) is 22.3 Å².